The Labute approximate surface area is 215 Å². The lowest BCUT2D eigenvalue weighted by atomic mass is 10.2. The summed E-state index contributed by atoms with van der Waals surface area (Å²) < 4.78 is 14.5. The van der Waals surface area contributed by atoms with E-state index in [0.717, 1.165) is 29.6 Å². The first kappa shape index (κ1) is 21.8. The van der Waals surface area contributed by atoms with Gasteiger partial charge in [-0.3, -0.25) is 0 Å². The monoisotopic (exact) mass is 733 g/mol. The first-order valence-corrected chi connectivity index (χ1v) is 12.2. The van der Waals surface area contributed by atoms with Crippen LogP contribution in [0.4, 0.5) is 0 Å². The Morgan fingerprint density at radius 3 is 2.27 bits per heavy atom. The van der Waals surface area contributed by atoms with E-state index in [1.807, 2.05) is 42.5 Å². The second-order valence-corrected chi connectivity index (χ2v) is 10.0. The fraction of sp³-hybridized carbons (Fsp3) is 0.0435. The molecule has 150 valence electrons. The molecule has 1 aliphatic heterocycles. The summed E-state index contributed by atoms with van der Waals surface area (Å²) in [6, 6.07) is 21.6. The summed E-state index contributed by atoms with van der Waals surface area (Å²) in [4.78, 5) is 16.6. The molecule has 0 spiro atoms. The number of carbonyl (C=O) groups is 1. The Bertz CT molecular complexity index is 1130. The molecule has 0 atom stereocenters. The lowest BCUT2D eigenvalue weighted by Gasteiger charge is -2.11. The molecule has 0 bridgehead atoms. The van der Waals surface area contributed by atoms with Crippen LogP contribution >= 0.6 is 67.8 Å². The van der Waals surface area contributed by atoms with Crippen LogP contribution in [0, 0.1) is 10.7 Å². The molecule has 7 heteroatoms. The molecular weight excluding hydrogens is 719 g/mol. The van der Waals surface area contributed by atoms with E-state index >= 15 is 0 Å². The van der Waals surface area contributed by atoms with E-state index in [2.05, 4.69) is 97.0 Å². The van der Waals surface area contributed by atoms with E-state index < -0.39 is 5.97 Å². The van der Waals surface area contributed by atoms with Crippen LogP contribution in [-0.4, -0.2) is 11.9 Å². The highest BCUT2D eigenvalue weighted by Crippen LogP contribution is 2.31. The molecule has 0 amide bonds. The zero-order chi connectivity index (χ0) is 21.1. The van der Waals surface area contributed by atoms with Gasteiger partial charge in [-0.1, -0.05) is 30.3 Å². The van der Waals surface area contributed by atoms with Gasteiger partial charge in [0.1, 0.15) is 12.4 Å². The zero-order valence-electron chi connectivity index (χ0n) is 15.4. The second-order valence-electron chi connectivity index (χ2n) is 6.43. The van der Waals surface area contributed by atoms with Crippen molar-refractivity contribution in [2.24, 2.45) is 4.99 Å². The summed E-state index contributed by atoms with van der Waals surface area (Å²) in [5, 5.41) is 0. The number of cyclic esters (lactones) is 1. The number of ether oxygens (including phenoxy) is 2. The molecule has 3 aromatic carbocycles. The molecule has 0 saturated heterocycles. The molecule has 30 heavy (non-hydrogen) atoms. The first-order chi connectivity index (χ1) is 14.5. The third-order valence-corrected chi connectivity index (χ3v) is 6.58. The number of aliphatic imine (C=N–C) groups is 1. The maximum atomic E-state index is 12.2. The third kappa shape index (κ3) is 5.22. The van der Waals surface area contributed by atoms with Crippen molar-refractivity contribution >= 4 is 85.7 Å². The van der Waals surface area contributed by atoms with Crippen molar-refractivity contribution in [3.8, 4) is 5.75 Å². The molecule has 0 radical (unpaired) electrons. The van der Waals surface area contributed by atoms with Crippen LogP contribution in [0.25, 0.3) is 6.08 Å². The van der Waals surface area contributed by atoms with Crippen molar-refractivity contribution in [3.63, 3.8) is 0 Å². The third-order valence-electron chi connectivity index (χ3n) is 4.26. The maximum absolute atomic E-state index is 12.2. The van der Waals surface area contributed by atoms with E-state index in [4.69, 9.17) is 9.47 Å². The number of hydrogen-bond acceptors (Lipinski definition) is 4. The molecule has 0 aliphatic carbocycles. The molecule has 0 saturated carbocycles. The lowest BCUT2D eigenvalue weighted by Crippen LogP contribution is -2.05. The fourth-order valence-corrected chi connectivity index (χ4v) is 5.30. The molecule has 4 nitrogen and oxygen atoms in total. The topological polar surface area (TPSA) is 47.9 Å². The van der Waals surface area contributed by atoms with Crippen molar-refractivity contribution in [2.45, 2.75) is 6.61 Å². The number of rotatable bonds is 5. The van der Waals surface area contributed by atoms with Gasteiger partial charge in [-0.05, 0) is 121 Å². The van der Waals surface area contributed by atoms with Gasteiger partial charge in [0.2, 0.25) is 5.90 Å². The largest absolute Gasteiger partial charge is 0.487 e. The Morgan fingerprint density at radius 2 is 1.60 bits per heavy atom. The molecular formula is C23H14I3NO3. The average Bonchev–Trinajstić information content (AvgIpc) is 3.10. The van der Waals surface area contributed by atoms with Crippen molar-refractivity contribution in [1.29, 1.82) is 0 Å². The van der Waals surface area contributed by atoms with Gasteiger partial charge >= 0.3 is 5.97 Å². The minimum absolute atomic E-state index is 0.285. The minimum atomic E-state index is -0.446. The minimum Gasteiger partial charge on any atom is -0.487 e. The number of carbonyl (C=O) groups excluding carboxylic acids is 1. The van der Waals surface area contributed by atoms with Gasteiger partial charge in [-0.25, -0.2) is 9.79 Å². The van der Waals surface area contributed by atoms with Crippen molar-refractivity contribution in [1.82, 2.24) is 0 Å². The Morgan fingerprint density at radius 1 is 0.933 bits per heavy atom. The summed E-state index contributed by atoms with van der Waals surface area (Å²) in [5.41, 5.74) is 3.05. The Hall–Kier alpha value is -1.47. The molecule has 3 aromatic rings. The number of hydrogen-bond donors (Lipinski definition) is 0. The summed E-state index contributed by atoms with van der Waals surface area (Å²) in [5.74, 6) is 0.714. The molecule has 0 unspecified atom stereocenters. The molecule has 1 heterocycles. The summed E-state index contributed by atoms with van der Waals surface area (Å²) in [7, 11) is 0. The standard InChI is InChI=1S/C23H14I3NO3/c24-17-8-6-14(7-9-17)13-29-21-18(25)10-15(11-19(21)26)12-20-23(28)30-22(27-20)16-4-2-1-3-5-16/h1-12H,13H2/b20-12-. The second kappa shape index (κ2) is 9.77. The predicted octanol–water partition coefficient (Wildman–Crippen LogP) is 6.42. The molecule has 1 aliphatic rings. The van der Waals surface area contributed by atoms with Crippen LogP contribution in [0.3, 0.4) is 0 Å². The van der Waals surface area contributed by atoms with Crippen molar-refractivity contribution in [2.75, 3.05) is 0 Å². The van der Waals surface area contributed by atoms with E-state index in [1.165, 1.54) is 3.57 Å². The molecule has 0 fully saturated rings. The van der Waals surface area contributed by atoms with Gasteiger partial charge in [0.15, 0.2) is 5.70 Å². The SMILES string of the molecule is O=C1OC(c2ccccc2)=N/C1=C\c1cc(I)c(OCc2ccc(I)cc2)c(I)c1. The van der Waals surface area contributed by atoms with Gasteiger partial charge in [0.05, 0.1) is 7.14 Å². The first-order valence-electron chi connectivity index (χ1n) is 8.94. The van der Waals surface area contributed by atoms with Gasteiger partial charge in [-0.15, -0.1) is 0 Å². The Kier molecular flexibility index (Phi) is 7.08. The lowest BCUT2D eigenvalue weighted by molar-refractivity contribution is -0.129. The number of esters is 1. The van der Waals surface area contributed by atoms with E-state index in [9.17, 15) is 4.79 Å². The molecule has 0 aromatic heterocycles. The van der Waals surface area contributed by atoms with Crippen molar-refractivity contribution in [3.05, 3.63) is 99.8 Å². The average molecular weight is 733 g/mol. The normalized spacial score (nSPS) is 14.6. The highest BCUT2D eigenvalue weighted by atomic mass is 127. The van der Waals surface area contributed by atoms with Crippen LogP contribution in [-0.2, 0) is 16.1 Å². The van der Waals surface area contributed by atoms with E-state index in [-0.39, 0.29) is 5.70 Å². The number of benzene rings is 3. The quantitative estimate of drug-likeness (QED) is 0.173. The van der Waals surface area contributed by atoms with Crippen LogP contribution in [0.5, 0.6) is 5.75 Å². The summed E-state index contributed by atoms with van der Waals surface area (Å²) in [6.07, 6.45) is 1.74. The molecule has 4 rings (SSSR count). The molecule has 0 N–H and O–H groups in total. The van der Waals surface area contributed by atoms with Gasteiger partial charge in [0, 0.05) is 9.13 Å². The van der Waals surface area contributed by atoms with Gasteiger partial charge < -0.3 is 9.47 Å². The van der Waals surface area contributed by atoms with Crippen molar-refractivity contribution < 1.29 is 14.3 Å². The summed E-state index contributed by atoms with van der Waals surface area (Å²) >= 11 is 6.79. The van der Waals surface area contributed by atoms with Crippen LogP contribution in [0.1, 0.15) is 16.7 Å². The highest BCUT2D eigenvalue weighted by molar-refractivity contribution is 14.1. The predicted molar refractivity (Wildman–Crippen MR) is 142 cm³/mol. The van der Waals surface area contributed by atoms with E-state index in [0.29, 0.717) is 12.5 Å². The zero-order valence-corrected chi connectivity index (χ0v) is 21.9. The highest BCUT2D eigenvalue weighted by Gasteiger charge is 2.24. The number of halogens is 3. The van der Waals surface area contributed by atoms with Crippen LogP contribution < -0.4 is 4.74 Å². The van der Waals surface area contributed by atoms with Crippen LogP contribution in [0.2, 0.25) is 0 Å². The Balaban J connectivity index is 1.55. The summed E-state index contributed by atoms with van der Waals surface area (Å²) in [6.45, 7) is 0.500. The smallest absolute Gasteiger partial charge is 0.363 e. The van der Waals surface area contributed by atoms with Gasteiger partial charge in [0.25, 0.3) is 0 Å². The van der Waals surface area contributed by atoms with Gasteiger partial charge in [-0.2, -0.15) is 0 Å². The van der Waals surface area contributed by atoms with E-state index in [1.54, 1.807) is 6.08 Å². The number of nitrogens with zero attached hydrogens (tertiary/aromatic N) is 1. The van der Waals surface area contributed by atoms with Crippen LogP contribution in [0.15, 0.2) is 77.4 Å². The maximum Gasteiger partial charge on any atom is 0.363 e. The fourth-order valence-electron chi connectivity index (χ4n) is 2.81.